The maximum absolute atomic E-state index is 11.7. The summed E-state index contributed by atoms with van der Waals surface area (Å²) in [5, 5.41) is 8.56. The molecule has 0 saturated carbocycles. The van der Waals surface area contributed by atoms with Crippen molar-refractivity contribution in [2.75, 3.05) is 6.54 Å². The number of carboxylic acid groups (broad SMARTS) is 1. The van der Waals surface area contributed by atoms with Crippen molar-refractivity contribution in [2.45, 2.75) is 12.3 Å². The lowest BCUT2D eigenvalue weighted by atomic mass is 10.1. The highest BCUT2D eigenvalue weighted by atomic mass is 16.4. The van der Waals surface area contributed by atoms with Gasteiger partial charge in [0, 0.05) is 6.42 Å². The number of carboxylic acids is 1. The average molecular weight is 223 g/mol. The van der Waals surface area contributed by atoms with Crippen LogP contribution >= 0.6 is 0 Å². The third-order valence-corrected chi connectivity index (χ3v) is 2.42. The third kappa shape index (κ3) is 1.69. The van der Waals surface area contributed by atoms with Gasteiger partial charge in [0.25, 0.3) is 0 Å². The molecule has 1 saturated heterocycles. The molecule has 1 N–H and O–H groups in total. The quantitative estimate of drug-likeness (QED) is 0.740. The van der Waals surface area contributed by atoms with Gasteiger partial charge in [-0.15, -0.1) is 0 Å². The first-order chi connectivity index (χ1) is 7.59. The summed E-state index contributed by atoms with van der Waals surface area (Å²) in [4.78, 5) is 34.4. The molecule has 1 aliphatic heterocycles. The summed E-state index contributed by atoms with van der Waals surface area (Å²) in [5.74, 6) is -2.48. The van der Waals surface area contributed by atoms with Gasteiger partial charge in [-0.3, -0.25) is 19.3 Å². The molecule has 84 valence electrons. The van der Waals surface area contributed by atoms with Crippen LogP contribution in [0.5, 0.6) is 0 Å². The Balaban J connectivity index is 2.19. The van der Waals surface area contributed by atoms with Crippen LogP contribution < -0.4 is 0 Å². The lowest BCUT2D eigenvalue weighted by molar-refractivity contribution is -0.148. The second kappa shape index (κ2) is 3.80. The van der Waals surface area contributed by atoms with Crippen LogP contribution in [0.4, 0.5) is 0 Å². The van der Waals surface area contributed by atoms with E-state index in [4.69, 9.17) is 9.52 Å². The first-order valence-corrected chi connectivity index (χ1v) is 4.69. The highest BCUT2D eigenvalue weighted by molar-refractivity contribution is 6.07. The van der Waals surface area contributed by atoms with Crippen molar-refractivity contribution in [2.24, 2.45) is 0 Å². The van der Waals surface area contributed by atoms with Crippen LogP contribution in [0.3, 0.4) is 0 Å². The molecule has 1 unspecified atom stereocenters. The monoisotopic (exact) mass is 223 g/mol. The molecule has 1 aromatic rings. The number of aliphatic carboxylic acids is 1. The van der Waals surface area contributed by atoms with Crippen LogP contribution in [0.2, 0.25) is 0 Å². The van der Waals surface area contributed by atoms with Crippen LogP contribution in [0.15, 0.2) is 22.8 Å². The lowest BCUT2D eigenvalue weighted by Crippen LogP contribution is -2.35. The zero-order chi connectivity index (χ0) is 11.7. The van der Waals surface area contributed by atoms with E-state index in [0.717, 1.165) is 4.90 Å². The summed E-state index contributed by atoms with van der Waals surface area (Å²) in [6.45, 7) is -0.588. The van der Waals surface area contributed by atoms with E-state index >= 15 is 0 Å². The molecule has 1 aliphatic rings. The van der Waals surface area contributed by atoms with Crippen molar-refractivity contribution in [1.29, 1.82) is 0 Å². The summed E-state index contributed by atoms with van der Waals surface area (Å²) in [6, 6.07) is 3.22. The number of hydrogen-bond acceptors (Lipinski definition) is 4. The number of rotatable bonds is 3. The molecule has 1 fully saturated rings. The normalized spacial score (nSPS) is 20.5. The molecule has 0 aromatic carbocycles. The zero-order valence-electron chi connectivity index (χ0n) is 8.25. The van der Waals surface area contributed by atoms with E-state index in [1.165, 1.54) is 6.26 Å². The fourth-order valence-electron chi connectivity index (χ4n) is 1.70. The highest BCUT2D eigenvalue weighted by Gasteiger charge is 2.41. The van der Waals surface area contributed by atoms with E-state index in [0.29, 0.717) is 5.76 Å². The number of amides is 2. The van der Waals surface area contributed by atoms with Crippen molar-refractivity contribution in [3.8, 4) is 0 Å². The molecule has 0 spiro atoms. The van der Waals surface area contributed by atoms with Gasteiger partial charge in [0.2, 0.25) is 11.8 Å². The Morgan fingerprint density at radius 3 is 2.88 bits per heavy atom. The van der Waals surface area contributed by atoms with Crippen LogP contribution in [0.1, 0.15) is 18.1 Å². The Morgan fingerprint density at radius 2 is 2.31 bits per heavy atom. The predicted molar refractivity (Wildman–Crippen MR) is 50.4 cm³/mol. The second-order valence-electron chi connectivity index (χ2n) is 3.48. The van der Waals surface area contributed by atoms with Gasteiger partial charge in [-0.1, -0.05) is 0 Å². The zero-order valence-corrected chi connectivity index (χ0v) is 8.25. The van der Waals surface area contributed by atoms with Crippen molar-refractivity contribution in [3.63, 3.8) is 0 Å². The Hall–Kier alpha value is -2.11. The summed E-state index contributed by atoms with van der Waals surface area (Å²) in [6.07, 6.45) is 1.38. The fourth-order valence-corrected chi connectivity index (χ4v) is 1.70. The Bertz CT molecular complexity index is 436. The van der Waals surface area contributed by atoms with Gasteiger partial charge in [0.1, 0.15) is 18.2 Å². The Labute approximate surface area is 90.4 Å². The Morgan fingerprint density at radius 1 is 1.56 bits per heavy atom. The van der Waals surface area contributed by atoms with Gasteiger partial charge >= 0.3 is 5.97 Å². The van der Waals surface area contributed by atoms with Gasteiger partial charge in [-0.25, -0.2) is 0 Å². The van der Waals surface area contributed by atoms with Gasteiger partial charge in [0.05, 0.1) is 6.26 Å². The molecule has 6 heteroatoms. The van der Waals surface area contributed by atoms with E-state index in [2.05, 4.69) is 0 Å². The van der Waals surface area contributed by atoms with Crippen molar-refractivity contribution < 1.29 is 23.9 Å². The number of carbonyl (C=O) groups excluding carboxylic acids is 2. The SMILES string of the molecule is O=C(O)CN1C(=O)CC(c2ccco2)C1=O. The molecule has 6 nitrogen and oxygen atoms in total. The summed E-state index contributed by atoms with van der Waals surface area (Å²) in [7, 11) is 0. The smallest absolute Gasteiger partial charge is 0.323 e. The van der Waals surface area contributed by atoms with Crippen LogP contribution in [-0.4, -0.2) is 34.3 Å². The molecule has 2 rings (SSSR count). The molecule has 2 heterocycles. The fraction of sp³-hybridized carbons (Fsp3) is 0.300. The second-order valence-corrected chi connectivity index (χ2v) is 3.48. The first-order valence-electron chi connectivity index (χ1n) is 4.69. The number of hydrogen-bond donors (Lipinski definition) is 1. The maximum atomic E-state index is 11.7. The first kappa shape index (κ1) is 10.4. The van der Waals surface area contributed by atoms with Gasteiger partial charge < -0.3 is 9.52 Å². The van der Waals surface area contributed by atoms with E-state index in [1.54, 1.807) is 12.1 Å². The minimum atomic E-state index is -1.21. The lowest BCUT2D eigenvalue weighted by Gasteiger charge is -2.10. The number of nitrogens with zero attached hydrogens (tertiary/aromatic N) is 1. The molecule has 2 amide bonds. The van der Waals surface area contributed by atoms with Crippen molar-refractivity contribution in [1.82, 2.24) is 4.90 Å². The number of furan rings is 1. The maximum Gasteiger partial charge on any atom is 0.323 e. The number of imide groups is 1. The van der Waals surface area contributed by atoms with Gasteiger partial charge in [0.15, 0.2) is 0 Å². The van der Waals surface area contributed by atoms with Gasteiger partial charge in [-0.05, 0) is 12.1 Å². The van der Waals surface area contributed by atoms with E-state index in [1.807, 2.05) is 0 Å². The molecule has 0 radical (unpaired) electrons. The number of likely N-dealkylation sites (tertiary alicyclic amines) is 1. The van der Waals surface area contributed by atoms with Crippen LogP contribution in [0.25, 0.3) is 0 Å². The standard InChI is InChI=1S/C10H9NO5/c12-8-4-6(7-2-1-3-16-7)10(15)11(8)5-9(13)14/h1-3,6H,4-5H2,(H,13,14). The molecule has 16 heavy (non-hydrogen) atoms. The van der Waals surface area contributed by atoms with Crippen molar-refractivity contribution >= 4 is 17.8 Å². The summed E-state index contributed by atoms with van der Waals surface area (Å²) < 4.78 is 5.04. The molecular formula is C10H9NO5. The molecule has 0 bridgehead atoms. The predicted octanol–water partition coefficient (Wildman–Crippen LogP) is 0.207. The topological polar surface area (TPSA) is 87.8 Å². The largest absolute Gasteiger partial charge is 0.480 e. The summed E-state index contributed by atoms with van der Waals surface area (Å²) in [5.41, 5.74) is 0. The van der Waals surface area contributed by atoms with Gasteiger partial charge in [-0.2, -0.15) is 0 Å². The Kier molecular flexibility index (Phi) is 2.47. The average Bonchev–Trinajstić information content (AvgIpc) is 2.80. The minimum absolute atomic E-state index is 0.0281. The van der Waals surface area contributed by atoms with Crippen LogP contribution in [-0.2, 0) is 14.4 Å². The van der Waals surface area contributed by atoms with E-state index < -0.39 is 30.2 Å². The molecule has 0 aliphatic carbocycles. The molecule has 1 aromatic heterocycles. The van der Waals surface area contributed by atoms with E-state index in [9.17, 15) is 14.4 Å². The molecular weight excluding hydrogens is 214 g/mol. The minimum Gasteiger partial charge on any atom is -0.480 e. The van der Waals surface area contributed by atoms with Crippen LogP contribution in [0, 0.1) is 0 Å². The highest BCUT2D eigenvalue weighted by Crippen LogP contribution is 2.29. The van der Waals surface area contributed by atoms with Crippen molar-refractivity contribution in [3.05, 3.63) is 24.2 Å². The number of carbonyl (C=O) groups is 3. The third-order valence-electron chi connectivity index (χ3n) is 2.42. The molecule has 1 atom stereocenters. The summed E-state index contributed by atoms with van der Waals surface area (Å²) >= 11 is 0. The van der Waals surface area contributed by atoms with E-state index in [-0.39, 0.29) is 6.42 Å².